The van der Waals surface area contributed by atoms with Gasteiger partial charge in [-0.2, -0.15) is 5.26 Å². The minimum absolute atomic E-state index is 0.0513. The zero-order valence-electron chi connectivity index (χ0n) is 14.9. The van der Waals surface area contributed by atoms with Crippen molar-refractivity contribution in [2.45, 2.75) is 32.9 Å². The van der Waals surface area contributed by atoms with E-state index in [0.29, 0.717) is 10.5 Å². The molecule has 0 aliphatic carbocycles. The van der Waals surface area contributed by atoms with E-state index in [1.165, 1.54) is 0 Å². The monoisotopic (exact) mass is 356 g/mol. The van der Waals surface area contributed by atoms with Gasteiger partial charge in [0.2, 0.25) is 5.91 Å². The first kappa shape index (κ1) is 19.1. The van der Waals surface area contributed by atoms with E-state index in [0.717, 1.165) is 4.90 Å². The second kappa shape index (κ2) is 7.35. The molecule has 0 bridgehead atoms. The second-order valence-electron chi connectivity index (χ2n) is 6.57. The fourth-order valence-electron chi connectivity index (χ4n) is 2.37. The first-order valence-corrected chi connectivity index (χ1v) is 8.13. The molecule has 1 fully saturated rings. The predicted octanol–water partition coefficient (Wildman–Crippen LogP) is 1.03. The minimum Gasteiger partial charge on any atom is -0.336 e. The van der Waals surface area contributed by atoms with Crippen molar-refractivity contribution in [3.63, 3.8) is 0 Å². The average Bonchev–Trinajstić information content (AvgIpc) is 2.80. The highest BCUT2D eigenvalue weighted by molar-refractivity contribution is 6.44. The van der Waals surface area contributed by atoms with E-state index in [2.05, 4.69) is 5.32 Å². The Bertz CT molecular complexity index is 784. The highest BCUT2D eigenvalue weighted by Crippen LogP contribution is 2.17. The van der Waals surface area contributed by atoms with Crippen molar-refractivity contribution in [3.05, 3.63) is 35.9 Å². The third kappa shape index (κ3) is 3.72. The number of benzene rings is 1. The fraction of sp³-hybridized carbons (Fsp3) is 0.389. The molecule has 0 saturated carbocycles. The summed E-state index contributed by atoms with van der Waals surface area (Å²) in [5.74, 6) is -2.89. The van der Waals surface area contributed by atoms with Gasteiger partial charge in [-0.3, -0.25) is 19.3 Å². The molecule has 1 atom stereocenters. The van der Waals surface area contributed by atoms with Crippen molar-refractivity contribution in [2.75, 3.05) is 6.54 Å². The van der Waals surface area contributed by atoms with Crippen molar-refractivity contribution in [2.24, 2.45) is 5.92 Å². The van der Waals surface area contributed by atoms with Gasteiger partial charge in [0.25, 0.3) is 0 Å². The van der Waals surface area contributed by atoms with Gasteiger partial charge in [0.05, 0.1) is 12.6 Å². The Hall–Kier alpha value is -3.21. The molecular formula is C18H20N4O4. The number of rotatable bonds is 6. The van der Waals surface area contributed by atoms with Gasteiger partial charge in [0, 0.05) is 0 Å². The van der Waals surface area contributed by atoms with E-state index >= 15 is 0 Å². The second-order valence-corrected chi connectivity index (χ2v) is 6.57. The lowest BCUT2D eigenvalue weighted by atomic mass is 9.90. The minimum atomic E-state index is -1.14. The van der Waals surface area contributed by atoms with Crippen LogP contribution in [0.3, 0.4) is 0 Å². The molecule has 0 spiro atoms. The van der Waals surface area contributed by atoms with Gasteiger partial charge in [-0.1, -0.05) is 44.2 Å². The number of carbonyl (C=O) groups excluding carboxylic acids is 4. The highest BCUT2D eigenvalue weighted by atomic mass is 16.2. The van der Waals surface area contributed by atoms with Crippen LogP contribution in [-0.4, -0.2) is 45.6 Å². The number of imide groups is 2. The van der Waals surface area contributed by atoms with E-state index in [1.807, 2.05) is 6.07 Å². The van der Waals surface area contributed by atoms with E-state index in [9.17, 15) is 24.4 Å². The molecule has 8 heteroatoms. The average molecular weight is 356 g/mol. The maximum atomic E-state index is 12.4. The third-order valence-electron chi connectivity index (χ3n) is 4.41. The van der Waals surface area contributed by atoms with Crippen LogP contribution >= 0.6 is 0 Å². The molecule has 1 N–H and O–H groups in total. The molecule has 1 heterocycles. The summed E-state index contributed by atoms with van der Waals surface area (Å²) in [6.45, 7) is 4.42. The maximum Gasteiger partial charge on any atom is 0.335 e. The Morgan fingerprint density at radius 1 is 1.15 bits per heavy atom. The summed E-state index contributed by atoms with van der Waals surface area (Å²) in [5.41, 5.74) is -0.457. The van der Waals surface area contributed by atoms with Gasteiger partial charge >= 0.3 is 17.8 Å². The van der Waals surface area contributed by atoms with Crippen LogP contribution in [0.5, 0.6) is 0 Å². The molecule has 136 valence electrons. The third-order valence-corrected chi connectivity index (χ3v) is 4.41. The lowest BCUT2D eigenvalue weighted by Crippen LogP contribution is -2.52. The number of nitrogens with one attached hydrogen (secondary N) is 1. The smallest absolute Gasteiger partial charge is 0.335 e. The summed E-state index contributed by atoms with van der Waals surface area (Å²) in [4.78, 5) is 50.2. The zero-order valence-corrected chi connectivity index (χ0v) is 14.9. The molecule has 0 radical (unpaired) electrons. The van der Waals surface area contributed by atoms with Crippen molar-refractivity contribution in [1.82, 2.24) is 15.1 Å². The van der Waals surface area contributed by atoms with Crippen molar-refractivity contribution < 1.29 is 19.2 Å². The normalized spacial score (nSPS) is 16.7. The summed E-state index contributed by atoms with van der Waals surface area (Å²) >= 11 is 0. The number of urea groups is 1. The maximum absolute atomic E-state index is 12.4. The quantitative estimate of drug-likeness (QED) is 0.605. The Labute approximate surface area is 151 Å². The van der Waals surface area contributed by atoms with E-state index < -0.39 is 35.8 Å². The Balaban J connectivity index is 2.10. The zero-order chi connectivity index (χ0) is 19.5. The largest absolute Gasteiger partial charge is 0.336 e. The first-order chi connectivity index (χ1) is 12.2. The predicted molar refractivity (Wildman–Crippen MR) is 91.1 cm³/mol. The Kier molecular flexibility index (Phi) is 5.41. The van der Waals surface area contributed by atoms with Crippen molar-refractivity contribution >= 4 is 23.8 Å². The van der Waals surface area contributed by atoms with Gasteiger partial charge in [-0.05, 0) is 18.4 Å². The number of nitriles is 1. The molecule has 2 rings (SSSR count). The molecule has 5 amide bonds. The SMILES string of the molecule is CC(C)[C@](C)(C#N)NC(=O)CN1C(=O)C(=O)N(Cc2ccccc2)C1=O. The van der Waals surface area contributed by atoms with Gasteiger partial charge in [-0.25, -0.2) is 9.69 Å². The van der Waals surface area contributed by atoms with Crippen LogP contribution in [0.25, 0.3) is 0 Å². The van der Waals surface area contributed by atoms with Gasteiger partial charge in [0.15, 0.2) is 0 Å². The first-order valence-electron chi connectivity index (χ1n) is 8.13. The van der Waals surface area contributed by atoms with Crippen LogP contribution in [0.15, 0.2) is 30.3 Å². The fourth-order valence-corrected chi connectivity index (χ4v) is 2.37. The molecule has 0 unspecified atom stereocenters. The van der Waals surface area contributed by atoms with Crippen LogP contribution in [-0.2, 0) is 20.9 Å². The van der Waals surface area contributed by atoms with Crippen molar-refractivity contribution in [1.29, 1.82) is 5.26 Å². The van der Waals surface area contributed by atoms with Crippen LogP contribution in [0.2, 0.25) is 0 Å². The van der Waals surface area contributed by atoms with Crippen molar-refractivity contribution in [3.8, 4) is 6.07 Å². The highest BCUT2D eigenvalue weighted by Gasteiger charge is 2.45. The molecule has 1 aromatic rings. The summed E-state index contributed by atoms with van der Waals surface area (Å²) in [6.07, 6.45) is 0. The molecule has 1 aromatic carbocycles. The van der Waals surface area contributed by atoms with Crippen LogP contribution < -0.4 is 5.32 Å². The summed E-state index contributed by atoms with van der Waals surface area (Å²) in [6, 6.07) is 9.91. The van der Waals surface area contributed by atoms with E-state index in [1.54, 1.807) is 51.1 Å². The topological polar surface area (TPSA) is 111 Å². The molecule has 26 heavy (non-hydrogen) atoms. The lowest BCUT2D eigenvalue weighted by Gasteiger charge is -2.28. The van der Waals surface area contributed by atoms with Gasteiger partial charge < -0.3 is 5.32 Å². The van der Waals surface area contributed by atoms with Gasteiger partial charge in [0.1, 0.15) is 12.1 Å². The van der Waals surface area contributed by atoms with Crippen LogP contribution in [0.4, 0.5) is 4.79 Å². The van der Waals surface area contributed by atoms with Crippen LogP contribution in [0, 0.1) is 17.2 Å². The molecule has 8 nitrogen and oxygen atoms in total. The molecule has 0 aromatic heterocycles. The van der Waals surface area contributed by atoms with Crippen LogP contribution in [0.1, 0.15) is 26.3 Å². The number of hydrogen-bond acceptors (Lipinski definition) is 5. The van der Waals surface area contributed by atoms with Gasteiger partial charge in [-0.15, -0.1) is 0 Å². The summed E-state index contributed by atoms with van der Waals surface area (Å²) < 4.78 is 0. The molecule has 1 aliphatic heterocycles. The van der Waals surface area contributed by atoms with E-state index in [-0.39, 0.29) is 12.5 Å². The Morgan fingerprint density at radius 3 is 2.27 bits per heavy atom. The number of hydrogen-bond donors (Lipinski definition) is 1. The lowest BCUT2D eigenvalue weighted by molar-refractivity contribution is -0.144. The number of nitrogens with zero attached hydrogens (tertiary/aromatic N) is 3. The summed E-state index contributed by atoms with van der Waals surface area (Å²) in [5, 5.41) is 11.8. The number of carbonyl (C=O) groups is 4. The Morgan fingerprint density at radius 2 is 1.73 bits per heavy atom. The standard InChI is InChI=1S/C18H20N4O4/c1-12(2)18(3,11-19)20-14(23)10-22-16(25)15(24)21(17(22)26)9-13-7-5-4-6-8-13/h4-8,12H,9-10H2,1-3H3,(H,20,23)/t18-/m0/s1. The molecule has 1 aliphatic rings. The van der Waals surface area contributed by atoms with E-state index in [4.69, 9.17) is 0 Å². The molecule has 1 saturated heterocycles. The number of amides is 5. The molecular weight excluding hydrogens is 336 g/mol. The summed E-state index contributed by atoms with van der Waals surface area (Å²) in [7, 11) is 0.